The van der Waals surface area contributed by atoms with E-state index in [1.165, 1.54) is 11.3 Å². The molecule has 1 N–H and O–H groups in total. The summed E-state index contributed by atoms with van der Waals surface area (Å²) in [5.74, 6) is 0.540. The van der Waals surface area contributed by atoms with Crippen LogP contribution in [-0.2, 0) is 0 Å². The number of nitrogens with one attached hydrogen (secondary N) is 1. The molecule has 0 bridgehead atoms. The molecule has 140 valence electrons. The van der Waals surface area contributed by atoms with Crippen LogP contribution in [0.2, 0.25) is 0 Å². The molecule has 0 unspecified atom stereocenters. The molecule has 3 aromatic carbocycles. The zero-order valence-corrected chi connectivity index (χ0v) is 16.4. The molecular weight excluding hydrogens is 376 g/mol. The maximum Gasteiger partial charge on any atom is 0.260 e. The minimum absolute atomic E-state index is 0.0954. The van der Waals surface area contributed by atoms with Crippen molar-refractivity contribution in [2.24, 2.45) is 0 Å². The van der Waals surface area contributed by atoms with Gasteiger partial charge in [-0.1, -0.05) is 91.0 Å². The summed E-state index contributed by atoms with van der Waals surface area (Å²) in [4.78, 5) is 21.9. The van der Waals surface area contributed by atoms with E-state index in [0.717, 1.165) is 27.1 Å². The van der Waals surface area contributed by atoms with Gasteiger partial charge in [0.2, 0.25) is 0 Å². The molecule has 0 atom stereocenters. The highest BCUT2D eigenvalue weighted by atomic mass is 32.1. The highest BCUT2D eigenvalue weighted by Gasteiger charge is 2.21. The first-order valence-corrected chi connectivity index (χ1v) is 10.4. The van der Waals surface area contributed by atoms with Crippen molar-refractivity contribution in [1.29, 1.82) is 0 Å². The maximum absolute atomic E-state index is 13.1. The molecule has 0 fully saturated rings. The number of hydrogen-bond acceptors (Lipinski definition) is 3. The molecule has 5 rings (SSSR count). The van der Waals surface area contributed by atoms with Crippen LogP contribution in [0.25, 0.3) is 21.3 Å². The molecule has 0 saturated carbocycles. The zero-order valence-electron chi connectivity index (χ0n) is 15.6. The third-order valence-electron chi connectivity index (χ3n) is 5.09. The monoisotopic (exact) mass is 394 g/mol. The molecular formula is C25H18N2OS. The largest absolute Gasteiger partial charge is 0.309 e. The predicted molar refractivity (Wildman–Crippen MR) is 120 cm³/mol. The lowest BCUT2D eigenvalue weighted by Crippen LogP contribution is -2.16. The lowest BCUT2D eigenvalue weighted by Gasteiger charge is -2.17. The van der Waals surface area contributed by atoms with Crippen LogP contribution in [0.3, 0.4) is 0 Å². The number of fused-ring (bicyclic) bond motifs is 1. The van der Waals surface area contributed by atoms with E-state index in [2.05, 4.69) is 29.2 Å². The third-order valence-corrected chi connectivity index (χ3v) is 5.96. The predicted octanol–water partition coefficient (Wildman–Crippen LogP) is 5.83. The van der Waals surface area contributed by atoms with Gasteiger partial charge in [0.1, 0.15) is 10.7 Å². The second kappa shape index (κ2) is 7.49. The van der Waals surface area contributed by atoms with Gasteiger partial charge in [-0.25, -0.2) is 4.98 Å². The van der Waals surface area contributed by atoms with E-state index in [-0.39, 0.29) is 11.5 Å². The van der Waals surface area contributed by atoms with Crippen molar-refractivity contribution in [3.8, 4) is 11.1 Å². The number of nitrogens with zero attached hydrogens (tertiary/aromatic N) is 1. The van der Waals surface area contributed by atoms with Crippen molar-refractivity contribution in [3.63, 3.8) is 0 Å². The molecule has 0 spiro atoms. The van der Waals surface area contributed by atoms with Crippen LogP contribution >= 0.6 is 11.3 Å². The van der Waals surface area contributed by atoms with Gasteiger partial charge in [0.25, 0.3) is 5.56 Å². The fourth-order valence-electron chi connectivity index (χ4n) is 3.73. The molecule has 5 aromatic rings. The maximum atomic E-state index is 13.1. The smallest absolute Gasteiger partial charge is 0.260 e. The van der Waals surface area contributed by atoms with Gasteiger partial charge in [0.05, 0.1) is 11.3 Å². The van der Waals surface area contributed by atoms with Crippen LogP contribution in [0, 0.1) is 0 Å². The van der Waals surface area contributed by atoms with Crippen molar-refractivity contribution >= 4 is 21.6 Å². The van der Waals surface area contributed by atoms with Gasteiger partial charge in [-0.3, -0.25) is 4.79 Å². The molecule has 3 nitrogen and oxygen atoms in total. The molecule has 2 heterocycles. The SMILES string of the molecule is O=c1[nH]c(C(c2ccccc2)c2ccccc2)nc2scc(-c3ccccc3)c12. The molecule has 2 aromatic heterocycles. The second-order valence-electron chi connectivity index (χ2n) is 6.90. The van der Waals surface area contributed by atoms with E-state index in [9.17, 15) is 4.79 Å². The van der Waals surface area contributed by atoms with E-state index in [4.69, 9.17) is 4.98 Å². The summed E-state index contributed by atoms with van der Waals surface area (Å²) in [5, 5.41) is 2.68. The molecule has 0 aliphatic heterocycles. The Hall–Kier alpha value is -3.50. The standard InChI is InChI=1S/C25H18N2OS/c28-24-22-20(17-10-4-1-5-11-17)16-29-25(22)27-23(26-24)21(18-12-6-2-7-13-18)19-14-8-3-9-15-19/h1-16,21H,(H,26,27,28). The minimum Gasteiger partial charge on any atom is -0.309 e. The van der Waals surface area contributed by atoms with Gasteiger partial charge in [0.15, 0.2) is 0 Å². The molecule has 0 aliphatic carbocycles. The molecule has 0 amide bonds. The minimum atomic E-state index is -0.128. The number of hydrogen-bond donors (Lipinski definition) is 1. The number of thiophene rings is 1. The Labute approximate surface area is 172 Å². The third kappa shape index (κ3) is 3.28. The van der Waals surface area contributed by atoms with Crippen LogP contribution in [0.4, 0.5) is 0 Å². The van der Waals surface area contributed by atoms with Crippen LogP contribution in [0.1, 0.15) is 22.9 Å². The zero-order chi connectivity index (χ0) is 19.6. The van der Waals surface area contributed by atoms with E-state index >= 15 is 0 Å². The summed E-state index contributed by atoms with van der Waals surface area (Å²) >= 11 is 1.51. The first-order valence-electron chi connectivity index (χ1n) is 9.48. The van der Waals surface area contributed by atoms with Gasteiger partial charge in [-0.05, 0) is 16.7 Å². The van der Waals surface area contributed by atoms with Crippen molar-refractivity contribution in [1.82, 2.24) is 9.97 Å². The number of rotatable bonds is 4. The number of benzene rings is 3. The van der Waals surface area contributed by atoms with Crippen LogP contribution in [0.15, 0.2) is 101 Å². The Balaban J connectivity index is 1.70. The Bertz CT molecular complexity index is 1270. The van der Waals surface area contributed by atoms with Crippen LogP contribution in [-0.4, -0.2) is 9.97 Å². The van der Waals surface area contributed by atoms with E-state index in [1.807, 2.05) is 72.1 Å². The van der Waals surface area contributed by atoms with E-state index in [1.54, 1.807) is 0 Å². The Morgan fingerprint density at radius 2 is 1.31 bits per heavy atom. The molecule has 29 heavy (non-hydrogen) atoms. The molecule has 0 aliphatic rings. The fraction of sp³-hybridized carbons (Fsp3) is 0.0400. The van der Waals surface area contributed by atoms with Gasteiger partial charge < -0.3 is 4.98 Å². The lowest BCUT2D eigenvalue weighted by atomic mass is 9.90. The summed E-state index contributed by atoms with van der Waals surface area (Å²) in [6.45, 7) is 0. The van der Waals surface area contributed by atoms with Gasteiger partial charge in [-0.15, -0.1) is 11.3 Å². The first kappa shape index (κ1) is 17.6. The van der Waals surface area contributed by atoms with Gasteiger partial charge in [0, 0.05) is 10.9 Å². The summed E-state index contributed by atoms with van der Waals surface area (Å²) in [5.41, 5.74) is 4.06. The second-order valence-corrected chi connectivity index (χ2v) is 7.76. The summed E-state index contributed by atoms with van der Waals surface area (Å²) in [6, 6.07) is 30.3. The number of H-pyrrole nitrogens is 1. The molecule has 4 heteroatoms. The van der Waals surface area contributed by atoms with Crippen molar-refractivity contribution in [2.75, 3.05) is 0 Å². The quantitative estimate of drug-likeness (QED) is 0.417. The Kier molecular flexibility index (Phi) is 4.54. The Morgan fingerprint density at radius 1 is 0.759 bits per heavy atom. The lowest BCUT2D eigenvalue weighted by molar-refractivity contribution is 0.860. The highest BCUT2D eigenvalue weighted by molar-refractivity contribution is 7.17. The van der Waals surface area contributed by atoms with Gasteiger partial charge >= 0.3 is 0 Å². The average Bonchev–Trinajstić information content (AvgIpc) is 3.21. The van der Waals surface area contributed by atoms with Crippen molar-refractivity contribution < 1.29 is 0 Å². The van der Waals surface area contributed by atoms with E-state index in [0.29, 0.717) is 11.2 Å². The van der Waals surface area contributed by atoms with Crippen LogP contribution < -0.4 is 5.56 Å². The summed E-state index contributed by atoms with van der Waals surface area (Å²) in [6.07, 6.45) is 0. The van der Waals surface area contributed by atoms with E-state index < -0.39 is 0 Å². The Morgan fingerprint density at radius 3 is 1.90 bits per heavy atom. The van der Waals surface area contributed by atoms with Crippen molar-refractivity contribution in [2.45, 2.75) is 5.92 Å². The topological polar surface area (TPSA) is 45.8 Å². The summed E-state index contributed by atoms with van der Waals surface area (Å²) in [7, 11) is 0. The fourth-order valence-corrected chi connectivity index (χ4v) is 4.69. The number of aromatic nitrogens is 2. The van der Waals surface area contributed by atoms with Gasteiger partial charge in [-0.2, -0.15) is 0 Å². The molecule has 0 saturated heterocycles. The summed E-state index contributed by atoms with van der Waals surface area (Å²) < 4.78 is 0. The normalized spacial score (nSPS) is 11.2. The number of aromatic amines is 1. The first-order chi connectivity index (χ1) is 14.3. The highest BCUT2D eigenvalue weighted by Crippen LogP contribution is 2.33. The van der Waals surface area contributed by atoms with Crippen LogP contribution in [0.5, 0.6) is 0 Å². The molecule has 0 radical (unpaired) electrons. The van der Waals surface area contributed by atoms with Crippen molar-refractivity contribution in [3.05, 3.63) is 124 Å². The average molecular weight is 394 g/mol.